The quantitative estimate of drug-likeness (QED) is 0.705. The van der Waals surface area contributed by atoms with Gasteiger partial charge < -0.3 is 5.73 Å². The molecule has 0 amide bonds. The van der Waals surface area contributed by atoms with Crippen LogP contribution >= 0.6 is 0 Å². The third-order valence-corrected chi connectivity index (χ3v) is 2.44. The highest BCUT2D eigenvalue weighted by Gasteiger charge is 2.08. The highest BCUT2D eigenvalue weighted by Crippen LogP contribution is 2.20. The summed E-state index contributed by atoms with van der Waals surface area (Å²) >= 11 is 0. The Morgan fingerprint density at radius 1 is 1.06 bits per heavy atom. The van der Waals surface area contributed by atoms with E-state index in [-0.39, 0.29) is 0 Å². The first kappa shape index (κ1) is 10.4. The molecule has 0 bridgehead atoms. The highest BCUT2D eigenvalue weighted by molar-refractivity contribution is 5.64. The molecule has 18 heavy (non-hydrogen) atoms. The second-order valence-electron chi connectivity index (χ2n) is 3.70. The number of hydrogen-bond acceptors (Lipinski definition) is 5. The average molecular weight is 238 g/mol. The molecule has 3 rings (SSSR count). The van der Waals surface area contributed by atoms with Gasteiger partial charge in [0.1, 0.15) is 12.1 Å². The Bertz CT molecular complexity index is 648. The van der Waals surface area contributed by atoms with Gasteiger partial charge in [0.05, 0.1) is 5.69 Å². The van der Waals surface area contributed by atoms with Crippen molar-refractivity contribution in [3.63, 3.8) is 0 Å². The molecule has 0 aliphatic rings. The second kappa shape index (κ2) is 4.25. The fourth-order valence-corrected chi connectivity index (χ4v) is 1.64. The summed E-state index contributed by atoms with van der Waals surface area (Å²) < 4.78 is 0. The van der Waals surface area contributed by atoms with E-state index < -0.39 is 0 Å². The summed E-state index contributed by atoms with van der Waals surface area (Å²) in [6.45, 7) is 0. The van der Waals surface area contributed by atoms with Crippen LogP contribution in [-0.2, 0) is 0 Å². The molecule has 6 nitrogen and oxygen atoms in total. The van der Waals surface area contributed by atoms with Crippen molar-refractivity contribution in [2.24, 2.45) is 0 Å². The van der Waals surface area contributed by atoms with Gasteiger partial charge in [0, 0.05) is 11.6 Å². The number of nitrogens with zero attached hydrogens (tertiary/aromatic N) is 4. The summed E-state index contributed by atoms with van der Waals surface area (Å²) in [6, 6.07) is 11.5. The first-order valence-electron chi connectivity index (χ1n) is 5.38. The number of anilines is 1. The Labute approximate surface area is 103 Å². The van der Waals surface area contributed by atoms with E-state index in [0.29, 0.717) is 17.5 Å². The zero-order valence-electron chi connectivity index (χ0n) is 9.41. The van der Waals surface area contributed by atoms with Crippen LogP contribution in [0.15, 0.2) is 42.7 Å². The average Bonchev–Trinajstić information content (AvgIpc) is 2.93. The zero-order chi connectivity index (χ0) is 12.4. The maximum absolute atomic E-state index is 5.79. The topological polar surface area (TPSA) is 93.4 Å². The van der Waals surface area contributed by atoms with E-state index in [1.54, 1.807) is 6.07 Å². The third-order valence-electron chi connectivity index (χ3n) is 2.44. The second-order valence-corrected chi connectivity index (χ2v) is 3.70. The predicted octanol–water partition coefficient (Wildman–Crippen LogP) is 1.51. The number of nitrogen functional groups attached to an aromatic ring is 1. The number of benzene rings is 1. The molecule has 0 saturated heterocycles. The molecule has 0 atom stereocenters. The molecule has 0 spiro atoms. The van der Waals surface area contributed by atoms with Gasteiger partial charge in [-0.15, -0.1) is 0 Å². The summed E-state index contributed by atoms with van der Waals surface area (Å²) in [7, 11) is 0. The molecular formula is C12H10N6. The lowest BCUT2D eigenvalue weighted by atomic mass is 10.1. The monoisotopic (exact) mass is 238 g/mol. The van der Waals surface area contributed by atoms with Crippen LogP contribution in [0.4, 0.5) is 5.82 Å². The molecule has 0 aliphatic carbocycles. The van der Waals surface area contributed by atoms with Crippen LogP contribution in [0.3, 0.4) is 0 Å². The van der Waals surface area contributed by atoms with Crippen LogP contribution in [0.2, 0.25) is 0 Å². The lowest BCUT2D eigenvalue weighted by Gasteiger charge is -2.03. The Morgan fingerprint density at radius 3 is 2.61 bits per heavy atom. The molecule has 0 fully saturated rings. The smallest absolute Gasteiger partial charge is 0.199 e. The van der Waals surface area contributed by atoms with Gasteiger partial charge in [-0.05, 0) is 0 Å². The normalized spacial score (nSPS) is 10.4. The van der Waals surface area contributed by atoms with Crippen molar-refractivity contribution in [2.75, 3.05) is 5.73 Å². The van der Waals surface area contributed by atoms with E-state index in [1.807, 2.05) is 30.3 Å². The van der Waals surface area contributed by atoms with Gasteiger partial charge in [-0.1, -0.05) is 30.3 Å². The van der Waals surface area contributed by atoms with Crippen LogP contribution in [0.25, 0.3) is 22.9 Å². The molecule has 2 aromatic heterocycles. The van der Waals surface area contributed by atoms with Crippen molar-refractivity contribution in [1.29, 1.82) is 0 Å². The minimum Gasteiger partial charge on any atom is -0.384 e. The Morgan fingerprint density at radius 2 is 1.89 bits per heavy atom. The number of nitrogens with one attached hydrogen (secondary N) is 1. The zero-order valence-corrected chi connectivity index (χ0v) is 9.41. The van der Waals surface area contributed by atoms with Gasteiger partial charge in [0.15, 0.2) is 11.6 Å². The fraction of sp³-hybridized carbons (Fsp3) is 0. The Balaban J connectivity index is 2.12. The Hall–Kier alpha value is -2.76. The number of H-pyrrole nitrogens is 1. The summed E-state index contributed by atoms with van der Waals surface area (Å²) in [5, 5.41) is 6.49. The van der Waals surface area contributed by atoms with E-state index in [0.717, 1.165) is 11.3 Å². The molecule has 0 saturated carbocycles. The molecule has 0 radical (unpaired) electrons. The maximum Gasteiger partial charge on any atom is 0.199 e. The van der Waals surface area contributed by atoms with Gasteiger partial charge >= 0.3 is 0 Å². The first-order chi connectivity index (χ1) is 8.83. The summed E-state index contributed by atoms with van der Waals surface area (Å²) in [5.74, 6) is 1.33. The van der Waals surface area contributed by atoms with Crippen LogP contribution in [0.5, 0.6) is 0 Å². The van der Waals surface area contributed by atoms with Crippen molar-refractivity contribution in [2.45, 2.75) is 0 Å². The summed E-state index contributed by atoms with van der Waals surface area (Å²) in [6.07, 6.45) is 1.41. The first-order valence-corrected chi connectivity index (χ1v) is 5.38. The molecule has 0 unspecified atom stereocenters. The van der Waals surface area contributed by atoms with E-state index in [4.69, 9.17) is 5.73 Å². The van der Waals surface area contributed by atoms with E-state index in [2.05, 4.69) is 25.1 Å². The maximum atomic E-state index is 5.79. The minimum absolute atomic E-state index is 0.398. The number of rotatable bonds is 2. The number of aromatic amines is 1. The minimum atomic E-state index is 0.398. The largest absolute Gasteiger partial charge is 0.384 e. The Kier molecular flexibility index (Phi) is 2.45. The van der Waals surface area contributed by atoms with Gasteiger partial charge in [-0.2, -0.15) is 5.10 Å². The lowest BCUT2D eigenvalue weighted by Crippen LogP contribution is -1.99. The number of hydrogen-bond donors (Lipinski definition) is 2. The van der Waals surface area contributed by atoms with Crippen molar-refractivity contribution in [3.05, 3.63) is 42.7 Å². The standard InChI is InChI=1S/C12H10N6/c13-10-6-9(8-4-2-1-3-5-8)16-12(17-10)11-14-7-15-18-11/h1-7H,(H2,13,16,17)(H,14,15,18). The lowest BCUT2D eigenvalue weighted by molar-refractivity contribution is 1.06. The SMILES string of the molecule is Nc1cc(-c2ccccc2)nc(-c2ncn[nH]2)n1. The van der Waals surface area contributed by atoms with Gasteiger partial charge in [-0.25, -0.2) is 15.0 Å². The summed E-state index contributed by atoms with van der Waals surface area (Å²) in [4.78, 5) is 12.6. The van der Waals surface area contributed by atoms with Crippen molar-refractivity contribution in [3.8, 4) is 22.9 Å². The molecule has 3 N–H and O–H groups in total. The molecule has 1 aromatic carbocycles. The predicted molar refractivity (Wildman–Crippen MR) is 67.3 cm³/mol. The molecule has 6 heteroatoms. The van der Waals surface area contributed by atoms with Crippen molar-refractivity contribution in [1.82, 2.24) is 25.1 Å². The molecule has 0 aliphatic heterocycles. The van der Waals surface area contributed by atoms with Gasteiger partial charge in [0.25, 0.3) is 0 Å². The van der Waals surface area contributed by atoms with Crippen LogP contribution < -0.4 is 5.73 Å². The summed E-state index contributed by atoms with van der Waals surface area (Å²) in [5.41, 5.74) is 7.53. The van der Waals surface area contributed by atoms with E-state index >= 15 is 0 Å². The molecule has 88 valence electrons. The van der Waals surface area contributed by atoms with E-state index in [1.165, 1.54) is 6.33 Å². The number of aromatic nitrogens is 5. The fourth-order valence-electron chi connectivity index (χ4n) is 1.64. The third kappa shape index (κ3) is 1.91. The van der Waals surface area contributed by atoms with E-state index in [9.17, 15) is 0 Å². The van der Waals surface area contributed by atoms with Gasteiger partial charge in [-0.3, -0.25) is 5.10 Å². The molecule has 3 aromatic rings. The van der Waals surface area contributed by atoms with Crippen molar-refractivity contribution >= 4 is 5.82 Å². The van der Waals surface area contributed by atoms with Crippen molar-refractivity contribution < 1.29 is 0 Å². The molecule has 2 heterocycles. The van der Waals surface area contributed by atoms with Crippen LogP contribution in [0.1, 0.15) is 0 Å². The van der Waals surface area contributed by atoms with Crippen LogP contribution in [-0.4, -0.2) is 25.1 Å². The molecular weight excluding hydrogens is 228 g/mol. The highest BCUT2D eigenvalue weighted by atomic mass is 15.2. The van der Waals surface area contributed by atoms with Gasteiger partial charge in [0.2, 0.25) is 0 Å². The number of nitrogens with two attached hydrogens (primary N) is 1. The van der Waals surface area contributed by atoms with Crippen LogP contribution in [0, 0.1) is 0 Å².